The highest BCUT2D eigenvalue weighted by atomic mass is 35.5. The van der Waals surface area contributed by atoms with E-state index in [1.807, 2.05) is 27.7 Å². The third kappa shape index (κ3) is 10.7. The fraction of sp³-hybridized carbons (Fsp3) is 0.697. The summed E-state index contributed by atoms with van der Waals surface area (Å²) in [7, 11) is 0. The van der Waals surface area contributed by atoms with Gasteiger partial charge in [0.2, 0.25) is 23.5 Å². The largest absolute Gasteiger partial charge is 0.496 e. The molecule has 1 saturated heterocycles. The van der Waals surface area contributed by atoms with Crippen LogP contribution in [0.15, 0.2) is 23.4 Å². The molecule has 4 amide bonds. The third-order valence-electron chi connectivity index (χ3n) is 8.80. The Bertz CT molecular complexity index is 1190. The van der Waals surface area contributed by atoms with Crippen LogP contribution in [0.5, 0.6) is 0 Å². The number of carbonyl (C=O) groups is 5. The number of ketones is 1. The maximum atomic E-state index is 14.3. The lowest BCUT2D eigenvalue weighted by atomic mass is 9.82. The van der Waals surface area contributed by atoms with E-state index in [2.05, 4.69) is 16.0 Å². The van der Waals surface area contributed by atoms with Gasteiger partial charge < -0.3 is 36.7 Å². The maximum Gasteiger partial charge on any atom is 0.289 e. The number of hydrogen-bond donors (Lipinski definition) is 5. The summed E-state index contributed by atoms with van der Waals surface area (Å²) in [6, 6.07) is -3.83. The van der Waals surface area contributed by atoms with Crippen molar-refractivity contribution < 1.29 is 28.7 Å². The molecule has 5 atom stereocenters. The molecule has 0 aromatic carbocycles. The maximum absolute atomic E-state index is 14.3. The molecule has 3 aliphatic rings. The normalized spacial score (nSPS) is 22.9. The van der Waals surface area contributed by atoms with E-state index in [0.29, 0.717) is 6.42 Å². The molecule has 1 heterocycles. The van der Waals surface area contributed by atoms with E-state index in [0.717, 1.165) is 51.2 Å². The second kappa shape index (κ2) is 17.1. The molecule has 3 fully saturated rings. The minimum absolute atomic E-state index is 0.0113. The summed E-state index contributed by atoms with van der Waals surface area (Å²) in [4.78, 5) is 68.4. The molecule has 13 heteroatoms. The second-order valence-electron chi connectivity index (χ2n) is 13.7. The van der Waals surface area contributed by atoms with Gasteiger partial charge in [-0.05, 0) is 55.6 Å². The van der Waals surface area contributed by atoms with Gasteiger partial charge in [0.15, 0.2) is 0 Å². The number of nitrogens with two attached hydrogens (primary N) is 1. The third-order valence-corrected chi connectivity index (χ3v) is 9.03. The minimum Gasteiger partial charge on any atom is -0.496 e. The van der Waals surface area contributed by atoms with Crippen LogP contribution in [0.2, 0.25) is 0 Å². The minimum atomic E-state index is -1.05. The number of Topliss-reactive ketones (excluding diaryl/α,β-unsaturated/α-hetero) is 1. The first-order chi connectivity index (χ1) is 21.8. The zero-order valence-corrected chi connectivity index (χ0v) is 28.2. The van der Waals surface area contributed by atoms with Crippen LogP contribution in [0, 0.1) is 16.7 Å². The van der Waals surface area contributed by atoms with Gasteiger partial charge in [-0.1, -0.05) is 65.0 Å². The van der Waals surface area contributed by atoms with Gasteiger partial charge >= 0.3 is 0 Å². The monoisotopic (exact) mass is 662 g/mol. The molecule has 2 saturated carbocycles. The van der Waals surface area contributed by atoms with E-state index in [1.54, 1.807) is 0 Å². The van der Waals surface area contributed by atoms with Crippen LogP contribution in [0.4, 0.5) is 0 Å². The molecule has 0 spiro atoms. The fourth-order valence-corrected chi connectivity index (χ4v) is 6.02. The van der Waals surface area contributed by atoms with Gasteiger partial charge in [0.25, 0.3) is 5.91 Å². The van der Waals surface area contributed by atoms with Gasteiger partial charge in [-0.2, -0.15) is 0 Å². The number of nitrogens with zero attached hydrogens (tertiary/aromatic N) is 1. The van der Waals surface area contributed by atoms with Crippen molar-refractivity contribution in [2.24, 2.45) is 17.1 Å². The SMILES string of the molecule is CCC[C@@H](NC(=O)[C@H]1C[C@@H](O/C=C/C=C(/Cl)C=N)CN1C(=O)C(NC(=O)[C@@H](N)C1CCCCC1)C(C)(C)C)C(=O)C(=O)NC1CC1. The fourth-order valence-electron chi connectivity index (χ4n) is 5.95. The highest BCUT2D eigenvalue weighted by Gasteiger charge is 2.46. The number of allylic oxidation sites excluding steroid dienone is 3. The smallest absolute Gasteiger partial charge is 0.289 e. The number of ether oxygens (including phenoxy) is 1. The van der Waals surface area contributed by atoms with Crippen molar-refractivity contribution in [3.05, 3.63) is 23.4 Å². The van der Waals surface area contributed by atoms with E-state index in [9.17, 15) is 24.0 Å². The number of nitrogens with one attached hydrogen (secondary N) is 4. The summed E-state index contributed by atoms with van der Waals surface area (Å²) in [6.07, 6.45) is 12.1. The average Bonchev–Trinajstić information content (AvgIpc) is 3.74. The number of halogens is 1. The van der Waals surface area contributed by atoms with Crippen LogP contribution in [0.1, 0.15) is 91.9 Å². The molecule has 0 aromatic rings. The summed E-state index contributed by atoms with van der Waals surface area (Å²) in [5.74, 6) is -2.86. The average molecular weight is 663 g/mol. The topological polar surface area (TPSA) is 184 Å². The summed E-state index contributed by atoms with van der Waals surface area (Å²) in [5, 5.41) is 15.7. The summed E-state index contributed by atoms with van der Waals surface area (Å²) in [6.45, 7) is 7.38. The van der Waals surface area contributed by atoms with Crippen molar-refractivity contribution in [2.45, 2.75) is 128 Å². The quantitative estimate of drug-likeness (QED) is 0.0773. The number of hydrogen-bond acceptors (Lipinski definition) is 8. The molecule has 46 heavy (non-hydrogen) atoms. The predicted octanol–water partition coefficient (Wildman–Crippen LogP) is 2.83. The van der Waals surface area contributed by atoms with Crippen molar-refractivity contribution in [1.29, 1.82) is 5.41 Å². The van der Waals surface area contributed by atoms with Gasteiger partial charge in [-0.25, -0.2) is 0 Å². The van der Waals surface area contributed by atoms with Crippen molar-refractivity contribution in [2.75, 3.05) is 6.54 Å². The molecule has 1 aliphatic heterocycles. The Morgan fingerprint density at radius 3 is 2.33 bits per heavy atom. The van der Waals surface area contributed by atoms with Crippen LogP contribution in [-0.2, 0) is 28.7 Å². The first-order valence-corrected chi connectivity index (χ1v) is 16.8. The van der Waals surface area contributed by atoms with Crippen LogP contribution >= 0.6 is 11.6 Å². The molecule has 0 aromatic heterocycles. The molecule has 1 unspecified atom stereocenters. The van der Waals surface area contributed by atoms with Crippen LogP contribution in [0.3, 0.4) is 0 Å². The van der Waals surface area contributed by atoms with Crippen molar-refractivity contribution >= 4 is 47.2 Å². The standard InChI is InChI=1S/C33H51ClN6O6/c1-5-10-24(27(41)31(44)37-22-14-15-22)38-29(42)25-17-23(46-16-9-13-21(34)18-35)19-40(25)32(45)28(33(2,3)4)39-30(43)26(36)20-11-7-6-8-12-20/h9,13,16,18,20,22-26,28,35H,5-8,10-12,14-15,17,19,36H2,1-4H3,(H,37,44)(H,38,42)(H,39,43)/b16-9+,21-13+,35-18?/t23-,24-,25-,26+,28?/m1/s1. The van der Waals surface area contributed by atoms with E-state index in [1.165, 1.54) is 23.3 Å². The number of rotatable bonds is 15. The molecule has 256 valence electrons. The molecule has 12 nitrogen and oxygen atoms in total. The van der Waals surface area contributed by atoms with Crippen molar-refractivity contribution in [1.82, 2.24) is 20.9 Å². The Morgan fingerprint density at radius 1 is 1.07 bits per heavy atom. The van der Waals surface area contributed by atoms with E-state index < -0.39 is 65.1 Å². The van der Waals surface area contributed by atoms with Crippen LogP contribution in [0.25, 0.3) is 0 Å². The zero-order chi connectivity index (χ0) is 34.0. The number of carbonyl (C=O) groups excluding carboxylic acids is 5. The summed E-state index contributed by atoms with van der Waals surface area (Å²) < 4.78 is 5.84. The molecular formula is C33H51ClN6O6. The molecular weight excluding hydrogens is 612 g/mol. The van der Waals surface area contributed by atoms with Gasteiger partial charge in [-0.3, -0.25) is 24.0 Å². The molecule has 3 rings (SSSR count). The number of amides is 4. The van der Waals surface area contributed by atoms with Crippen LogP contribution < -0.4 is 21.7 Å². The zero-order valence-electron chi connectivity index (χ0n) is 27.5. The first kappa shape index (κ1) is 37.2. The van der Waals surface area contributed by atoms with E-state index in [4.69, 9.17) is 27.5 Å². The van der Waals surface area contributed by atoms with Gasteiger partial charge in [-0.15, -0.1) is 0 Å². The molecule has 6 N–H and O–H groups in total. The molecule has 0 radical (unpaired) electrons. The van der Waals surface area contributed by atoms with Gasteiger partial charge in [0.1, 0.15) is 18.2 Å². The Hall–Kier alpha value is -3.25. The van der Waals surface area contributed by atoms with Gasteiger partial charge in [0, 0.05) is 18.7 Å². The lowest BCUT2D eigenvalue weighted by molar-refractivity contribution is -0.145. The van der Waals surface area contributed by atoms with Crippen LogP contribution in [-0.4, -0.2) is 83.4 Å². The molecule has 0 bridgehead atoms. The molecule has 2 aliphatic carbocycles. The van der Waals surface area contributed by atoms with Crippen molar-refractivity contribution in [3.8, 4) is 0 Å². The number of likely N-dealkylation sites (tertiary alicyclic amines) is 1. The highest BCUT2D eigenvalue weighted by molar-refractivity contribution is 6.39. The Kier molecular flexibility index (Phi) is 13.8. The second-order valence-corrected chi connectivity index (χ2v) is 14.2. The Labute approximate surface area is 277 Å². The highest BCUT2D eigenvalue weighted by Crippen LogP contribution is 2.29. The van der Waals surface area contributed by atoms with Gasteiger partial charge in [0.05, 0.1) is 29.9 Å². The van der Waals surface area contributed by atoms with E-state index >= 15 is 0 Å². The Balaban J connectivity index is 1.83. The van der Waals surface area contributed by atoms with E-state index in [-0.39, 0.29) is 36.4 Å². The lowest BCUT2D eigenvalue weighted by Crippen LogP contribution is -2.61. The summed E-state index contributed by atoms with van der Waals surface area (Å²) in [5.41, 5.74) is 5.66. The first-order valence-electron chi connectivity index (χ1n) is 16.5. The lowest BCUT2D eigenvalue weighted by Gasteiger charge is -2.37. The van der Waals surface area contributed by atoms with Crippen molar-refractivity contribution in [3.63, 3.8) is 0 Å². The predicted molar refractivity (Wildman–Crippen MR) is 176 cm³/mol. The summed E-state index contributed by atoms with van der Waals surface area (Å²) >= 11 is 5.84. The Morgan fingerprint density at radius 2 is 1.74 bits per heavy atom.